The molecule has 9 heteroatoms. The molecule has 4 aromatic rings. The standard InChI is InChI=1S/C18H19N7OS/c1-9-5-14(23-25-10(2)20-21-17(9)25)15-7-13(22-24(15)3)11-6-12(11)16-8-19-18(26-4)27-16/h5,7-8,11-12H,6H2,1-4H3/t11-,12-/m0/s1. The van der Waals surface area contributed by atoms with Crippen LogP contribution in [0.5, 0.6) is 5.19 Å². The topological polar surface area (TPSA) is 83.0 Å². The van der Waals surface area contributed by atoms with Crippen LogP contribution in [0.2, 0.25) is 0 Å². The van der Waals surface area contributed by atoms with E-state index in [2.05, 4.69) is 21.2 Å². The van der Waals surface area contributed by atoms with Crippen molar-refractivity contribution in [2.24, 2.45) is 7.05 Å². The summed E-state index contributed by atoms with van der Waals surface area (Å²) in [6.07, 6.45) is 3.02. The molecule has 138 valence electrons. The summed E-state index contributed by atoms with van der Waals surface area (Å²) in [5.74, 6) is 1.68. The molecule has 4 heterocycles. The maximum atomic E-state index is 5.21. The largest absolute Gasteiger partial charge is 0.473 e. The van der Waals surface area contributed by atoms with Gasteiger partial charge < -0.3 is 4.74 Å². The van der Waals surface area contributed by atoms with Crippen LogP contribution in [0.4, 0.5) is 0 Å². The van der Waals surface area contributed by atoms with E-state index in [4.69, 9.17) is 14.9 Å². The predicted octanol–water partition coefficient (Wildman–Crippen LogP) is 2.88. The quantitative estimate of drug-likeness (QED) is 0.540. The van der Waals surface area contributed by atoms with Crippen molar-refractivity contribution in [3.63, 3.8) is 0 Å². The molecule has 1 aliphatic rings. The normalized spacial score (nSPS) is 19.0. The molecule has 2 atom stereocenters. The van der Waals surface area contributed by atoms with Crippen LogP contribution in [0.3, 0.4) is 0 Å². The van der Waals surface area contributed by atoms with Crippen LogP contribution in [-0.2, 0) is 7.05 Å². The lowest BCUT2D eigenvalue weighted by Gasteiger charge is -2.04. The van der Waals surface area contributed by atoms with Crippen LogP contribution in [0, 0.1) is 13.8 Å². The van der Waals surface area contributed by atoms with Crippen LogP contribution < -0.4 is 4.74 Å². The van der Waals surface area contributed by atoms with Gasteiger partial charge in [-0.05, 0) is 38.0 Å². The summed E-state index contributed by atoms with van der Waals surface area (Å²) in [6.45, 7) is 3.93. The zero-order chi connectivity index (χ0) is 18.7. The van der Waals surface area contributed by atoms with Crippen molar-refractivity contribution in [1.29, 1.82) is 0 Å². The SMILES string of the molecule is COc1ncc([C@H]2C[C@@H]2c2cc(-c3cc(C)c4nnc(C)n4n3)n(C)n2)s1. The van der Waals surface area contributed by atoms with Gasteiger partial charge in [-0.15, -0.1) is 10.2 Å². The van der Waals surface area contributed by atoms with Gasteiger partial charge in [-0.3, -0.25) is 4.68 Å². The fraction of sp³-hybridized carbons (Fsp3) is 0.389. The molecule has 0 aromatic carbocycles. The lowest BCUT2D eigenvalue weighted by atomic mass is 10.2. The number of rotatable bonds is 4. The monoisotopic (exact) mass is 381 g/mol. The van der Waals surface area contributed by atoms with E-state index in [1.165, 1.54) is 4.88 Å². The summed E-state index contributed by atoms with van der Waals surface area (Å²) >= 11 is 1.62. The van der Waals surface area contributed by atoms with Crippen LogP contribution in [0.15, 0.2) is 18.3 Å². The van der Waals surface area contributed by atoms with Gasteiger partial charge in [0.1, 0.15) is 5.69 Å². The number of fused-ring (bicyclic) bond motifs is 1. The zero-order valence-electron chi connectivity index (χ0n) is 15.5. The Morgan fingerprint density at radius 1 is 1.15 bits per heavy atom. The van der Waals surface area contributed by atoms with E-state index in [1.54, 1.807) is 23.0 Å². The van der Waals surface area contributed by atoms with Gasteiger partial charge >= 0.3 is 0 Å². The molecule has 4 aromatic heterocycles. The molecule has 1 fully saturated rings. The summed E-state index contributed by atoms with van der Waals surface area (Å²) in [5, 5.41) is 18.5. The molecular weight excluding hydrogens is 362 g/mol. The molecule has 8 nitrogen and oxygen atoms in total. The Balaban J connectivity index is 1.48. The van der Waals surface area contributed by atoms with E-state index in [0.29, 0.717) is 11.8 Å². The van der Waals surface area contributed by atoms with E-state index >= 15 is 0 Å². The molecule has 0 saturated heterocycles. The van der Waals surface area contributed by atoms with E-state index in [-0.39, 0.29) is 0 Å². The third-order valence-electron chi connectivity index (χ3n) is 5.08. The van der Waals surface area contributed by atoms with Crippen molar-refractivity contribution in [2.45, 2.75) is 32.1 Å². The van der Waals surface area contributed by atoms with Crippen LogP contribution in [0.25, 0.3) is 17.0 Å². The van der Waals surface area contributed by atoms with Crippen molar-refractivity contribution in [2.75, 3.05) is 7.11 Å². The minimum atomic E-state index is 0.427. The fourth-order valence-corrected chi connectivity index (χ4v) is 4.44. The second kappa shape index (κ2) is 5.85. The van der Waals surface area contributed by atoms with Gasteiger partial charge in [0.2, 0.25) is 0 Å². The Hall–Kier alpha value is -2.81. The fourth-order valence-electron chi connectivity index (χ4n) is 3.54. The highest BCUT2D eigenvalue weighted by Crippen LogP contribution is 2.56. The number of hydrogen-bond donors (Lipinski definition) is 0. The molecule has 0 unspecified atom stereocenters. The Morgan fingerprint density at radius 3 is 2.78 bits per heavy atom. The molecule has 27 heavy (non-hydrogen) atoms. The minimum absolute atomic E-state index is 0.427. The number of methoxy groups -OCH3 is 1. The summed E-state index contributed by atoms with van der Waals surface area (Å²) in [5.41, 5.74) is 4.81. The molecule has 0 aliphatic heterocycles. The molecular formula is C18H19N7OS. The van der Waals surface area contributed by atoms with Gasteiger partial charge in [0.15, 0.2) is 11.5 Å². The zero-order valence-corrected chi connectivity index (χ0v) is 16.4. The summed E-state index contributed by atoms with van der Waals surface area (Å²) in [4.78, 5) is 5.55. The van der Waals surface area contributed by atoms with Gasteiger partial charge in [0.05, 0.1) is 18.5 Å². The van der Waals surface area contributed by atoms with Gasteiger partial charge in [-0.25, -0.2) is 4.98 Å². The average molecular weight is 381 g/mol. The Bertz CT molecular complexity index is 1160. The van der Waals surface area contributed by atoms with Crippen molar-refractivity contribution < 1.29 is 4.74 Å². The van der Waals surface area contributed by atoms with E-state index in [9.17, 15) is 0 Å². The first-order valence-electron chi connectivity index (χ1n) is 8.79. The molecule has 1 aliphatic carbocycles. The number of aryl methyl sites for hydroxylation is 3. The first-order chi connectivity index (χ1) is 13.0. The maximum absolute atomic E-state index is 5.21. The van der Waals surface area contributed by atoms with Crippen LogP contribution >= 0.6 is 11.3 Å². The highest BCUT2D eigenvalue weighted by Gasteiger charge is 2.43. The minimum Gasteiger partial charge on any atom is -0.473 e. The Kier molecular flexibility index (Phi) is 3.55. The summed E-state index contributed by atoms with van der Waals surface area (Å²) in [7, 11) is 3.62. The molecule has 1 saturated carbocycles. The summed E-state index contributed by atoms with van der Waals surface area (Å²) in [6, 6.07) is 4.19. The first-order valence-corrected chi connectivity index (χ1v) is 9.60. The van der Waals surface area contributed by atoms with Gasteiger partial charge in [-0.1, -0.05) is 11.3 Å². The maximum Gasteiger partial charge on any atom is 0.273 e. The molecule has 5 rings (SSSR count). The van der Waals surface area contributed by atoms with Gasteiger partial charge in [0, 0.05) is 30.0 Å². The number of ether oxygens (including phenoxy) is 1. The Morgan fingerprint density at radius 2 is 2.00 bits per heavy atom. The second-order valence-electron chi connectivity index (χ2n) is 6.95. The van der Waals surface area contributed by atoms with Gasteiger partial charge in [-0.2, -0.15) is 14.7 Å². The highest BCUT2D eigenvalue weighted by molar-refractivity contribution is 7.13. The van der Waals surface area contributed by atoms with Crippen molar-refractivity contribution in [1.82, 2.24) is 34.6 Å². The number of nitrogens with zero attached hydrogens (tertiary/aromatic N) is 7. The smallest absolute Gasteiger partial charge is 0.273 e. The van der Waals surface area contributed by atoms with E-state index < -0.39 is 0 Å². The highest BCUT2D eigenvalue weighted by atomic mass is 32.1. The second-order valence-corrected chi connectivity index (χ2v) is 7.98. The third-order valence-corrected chi connectivity index (χ3v) is 6.17. The average Bonchev–Trinajstić information content (AvgIpc) is 2.98. The number of hydrogen-bond acceptors (Lipinski definition) is 7. The predicted molar refractivity (Wildman–Crippen MR) is 101 cm³/mol. The lowest BCUT2D eigenvalue weighted by molar-refractivity contribution is 0.412. The summed E-state index contributed by atoms with van der Waals surface area (Å²) < 4.78 is 8.91. The van der Waals surface area contributed by atoms with Crippen molar-refractivity contribution >= 4 is 17.0 Å². The van der Waals surface area contributed by atoms with Crippen LogP contribution in [-0.4, -0.2) is 41.7 Å². The Labute approximate surface area is 159 Å². The lowest BCUT2D eigenvalue weighted by Crippen LogP contribution is -2.02. The molecule has 0 radical (unpaired) electrons. The van der Waals surface area contributed by atoms with Gasteiger partial charge in [0.25, 0.3) is 5.19 Å². The van der Waals surface area contributed by atoms with Crippen LogP contribution in [0.1, 0.15) is 40.2 Å². The van der Waals surface area contributed by atoms with E-state index in [0.717, 1.165) is 45.7 Å². The molecule has 0 amide bonds. The van der Waals surface area contributed by atoms with Crippen molar-refractivity contribution in [3.8, 4) is 16.6 Å². The molecule has 0 N–H and O–H groups in total. The third kappa shape index (κ3) is 2.61. The van der Waals surface area contributed by atoms with E-state index in [1.807, 2.05) is 37.8 Å². The molecule has 0 spiro atoms. The first kappa shape index (κ1) is 16.4. The van der Waals surface area contributed by atoms with Crippen molar-refractivity contribution in [3.05, 3.63) is 40.3 Å². The molecule has 0 bridgehead atoms. The number of aromatic nitrogens is 7. The number of thiazole rings is 1.